The van der Waals surface area contributed by atoms with Gasteiger partial charge in [0.25, 0.3) is 0 Å². The van der Waals surface area contributed by atoms with Crippen LogP contribution in [0.1, 0.15) is 17.9 Å². The van der Waals surface area contributed by atoms with E-state index in [-0.39, 0.29) is 42.4 Å². The van der Waals surface area contributed by atoms with Crippen LogP contribution in [-0.2, 0) is 4.79 Å². The summed E-state index contributed by atoms with van der Waals surface area (Å²) in [7, 11) is 1.70. The molecule has 1 amide bonds. The van der Waals surface area contributed by atoms with E-state index in [0.29, 0.717) is 38.6 Å². The molecule has 1 aliphatic heterocycles. The zero-order valence-corrected chi connectivity index (χ0v) is 20.8. The Morgan fingerprint density at radius 3 is 2.44 bits per heavy atom. The first-order valence-electron chi connectivity index (χ1n) is 10.8. The number of halogens is 1. The predicted molar refractivity (Wildman–Crippen MR) is 139 cm³/mol. The van der Waals surface area contributed by atoms with E-state index in [1.54, 1.807) is 13.2 Å². The first-order chi connectivity index (χ1) is 15.2. The summed E-state index contributed by atoms with van der Waals surface area (Å²) in [5.74, 6) is 1.71. The molecule has 2 heterocycles. The number of hydrogen-bond donors (Lipinski definition) is 3. The molecule has 1 aromatic carbocycles. The standard InChI is InChI=1S/C23H32N6O2.HI/c1-24-23(27-17-20(18-30)19-7-3-2-4-8-19)26-12-10-22(31)29-15-13-28(14-16-29)21-9-5-6-11-25-21;/h2-9,11,20,30H,10,12-18H2,1H3,(H2,24,26,27);1H. The van der Waals surface area contributed by atoms with E-state index in [9.17, 15) is 9.90 Å². The van der Waals surface area contributed by atoms with Crippen LogP contribution in [0, 0.1) is 0 Å². The Morgan fingerprint density at radius 2 is 1.81 bits per heavy atom. The van der Waals surface area contributed by atoms with Gasteiger partial charge in [-0.25, -0.2) is 4.98 Å². The zero-order valence-electron chi connectivity index (χ0n) is 18.5. The van der Waals surface area contributed by atoms with E-state index < -0.39 is 0 Å². The Morgan fingerprint density at radius 1 is 1.09 bits per heavy atom. The third-order valence-electron chi connectivity index (χ3n) is 5.47. The van der Waals surface area contributed by atoms with Gasteiger partial charge in [-0.1, -0.05) is 36.4 Å². The largest absolute Gasteiger partial charge is 0.396 e. The molecule has 3 rings (SSSR count). The molecule has 0 aliphatic carbocycles. The Labute approximate surface area is 207 Å². The van der Waals surface area contributed by atoms with E-state index in [1.165, 1.54) is 0 Å². The molecule has 1 atom stereocenters. The average Bonchev–Trinajstić information content (AvgIpc) is 2.84. The summed E-state index contributed by atoms with van der Waals surface area (Å²) in [5, 5.41) is 16.1. The molecule has 1 aliphatic rings. The third kappa shape index (κ3) is 7.63. The van der Waals surface area contributed by atoms with Crippen molar-refractivity contribution in [2.75, 3.05) is 57.8 Å². The number of benzene rings is 1. The molecule has 9 heteroatoms. The number of aliphatic imine (C=N–C) groups is 1. The molecule has 1 unspecified atom stereocenters. The summed E-state index contributed by atoms with van der Waals surface area (Å²) in [4.78, 5) is 25.3. The highest BCUT2D eigenvalue weighted by molar-refractivity contribution is 14.0. The second-order valence-corrected chi connectivity index (χ2v) is 7.48. The number of carbonyl (C=O) groups excluding carboxylic acids is 1. The van der Waals surface area contributed by atoms with E-state index in [4.69, 9.17) is 0 Å². The molecule has 1 fully saturated rings. The molecule has 3 N–H and O–H groups in total. The van der Waals surface area contributed by atoms with E-state index in [2.05, 4.69) is 25.5 Å². The Bertz CT molecular complexity index is 829. The number of pyridine rings is 1. The minimum Gasteiger partial charge on any atom is -0.396 e. The summed E-state index contributed by atoms with van der Waals surface area (Å²) in [6.07, 6.45) is 2.20. The van der Waals surface area contributed by atoms with Gasteiger partial charge in [-0.05, 0) is 17.7 Å². The van der Waals surface area contributed by atoms with Crippen LogP contribution >= 0.6 is 24.0 Å². The van der Waals surface area contributed by atoms with Gasteiger partial charge < -0.3 is 25.5 Å². The number of aromatic nitrogens is 1. The van der Waals surface area contributed by atoms with Crippen molar-refractivity contribution in [2.24, 2.45) is 4.99 Å². The SMILES string of the molecule is CN=C(NCCC(=O)N1CCN(c2ccccn2)CC1)NCC(CO)c1ccccc1.I. The van der Waals surface area contributed by atoms with Crippen molar-refractivity contribution < 1.29 is 9.90 Å². The van der Waals surface area contributed by atoms with Crippen LogP contribution in [0.5, 0.6) is 0 Å². The van der Waals surface area contributed by atoms with Gasteiger partial charge in [0, 0.05) is 64.9 Å². The van der Waals surface area contributed by atoms with Crippen molar-refractivity contribution >= 4 is 41.7 Å². The maximum Gasteiger partial charge on any atom is 0.224 e. The molecule has 1 aromatic heterocycles. The fourth-order valence-electron chi connectivity index (χ4n) is 3.63. The molecule has 0 saturated carbocycles. The molecule has 0 bridgehead atoms. The lowest BCUT2D eigenvalue weighted by Crippen LogP contribution is -2.49. The van der Waals surface area contributed by atoms with Crippen LogP contribution in [0.2, 0.25) is 0 Å². The Kier molecular flexibility index (Phi) is 11.2. The minimum absolute atomic E-state index is 0. The van der Waals surface area contributed by atoms with E-state index >= 15 is 0 Å². The molecule has 174 valence electrons. The summed E-state index contributed by atoms with van der Waals surface area (Å²) < 4.78 is 0. The van der Waals surface area contributed by atoms with Gasteiger partial charge >= 0.3 is 0 Å². The number of guanidine groups is 1. The van der Waals surface area contributed by atoms with Gasteiger partial charge in [0.05, 0.1) is 6.61 Å². The van der Waals surface area contributed by atoms with Crippen molar-refractivity contribution in [3.63, 3.8) is 0 Å². The fourth-order valence-corrected chi connectivity index (χ4v) is 3.63. The molecule has 32 heavy (non-hydrogen) atoms. The number of anilines is 1. The van der Waals surface area contributed by atoms with E-state index in [0.717, 1.165) is 24.5 Å². The Balaban J connectivity index is 0.00000363. The van der Waals surface area contributed by atoms with Gasteiger partial charge in [0.1, 0.15) is 5.82 Å². The molecule has 2 aromatic rings. The first-order valence-corrected chi connectivity index (χ1v) is 10.8. The van der Waals surface area contributed by atoms with Crippen molar-refractivity contribution in [2.45, 2.75) is 12.3 Å². The van der Waals surface area contributed by atoms with Crippen LogP contribution in [0.25, 0.3) is 0 Å². The lowest BCUT2D eigenvalue weighted by Gasteiger charge is -2.35. The minimum atomic E-state index is -0.0169. The van der Waals surface area contributed by atoms with Gasteiger partial charge in [-0.15, -0.1) is 24.0 Å². The van der Waals surface area contributed by atoms with Gasteiger partial charge in [-0.2, -0.15) is 0 Å². The fraction of sp³-hybridized carbons (Fsp3) is 0.435. The molecular formula is C23H33IN6O2. The smallest absolute Gasteiger partial charge is 0.224 e. The quantitative estimate of drug-likeness (QED) is 0.262. The average molecular weight is 552 g/mol. The van der Waals surface area contributed by atoms with Crippen LogP contribution < -0.4 is 15.5 Å². The highest BCUT2D eigenvalue weighted by atomic mass is 127. The van der Waals surface area contributed by atoms with Crippen molar-refractivity contribution in [3.8, 4) is 0 Å². The lowest BCUT2D eigenvalue weighted by atomic mass is 10.0. The summed E-state index contributed by atoms with van der Waals surface area (Å²) in [5.41, 5.74) is 1.08. The van der Waals surface area contributed by atoms with Gasteiger partial charge in [-0.3, -0.25) is 9.79 Å². The normalized spacial score (nSPS) is 15.0. The van der Waals surface area contributed by atoms with Gasteiger partial charge in [0.15, 0.2) is 5.96 Å². The van der Waals surface area contributed by atoms with Crippen molar-refractivity contribution in [1.29, 1.82) is 0 Å². The number of nitrogens with one attached hydrogen (secondary N) is 2. The van der Waals surface area contributed by atoms with Crippen molar-refractivity contribution in [1.82, 2.24) is 20.5 Å². The highest BCUT2D eigenvalue weighted by Gasteiger charge is 2.21. The van der Waals surface area contributed by atoms with Crippen LogP contribution in [-0.4, -0.2) is 79.8 Å². The second-order valence-electron chi connectivity index (χ2n) is 7.48. The highest BCUT2D eigenvalue weighted by Crippen LogP contribution is 2.14. The zero-order chi connectivity index (χ0) is 21.9. The maximum atomic E-state index is 12.6. The van der Waals surface area contributed by atoms with E-state index in [1.807, 2.05) is 53.4 Å². The molecule has 1 saturated heterocycles. The summed E-state index contributed by atoms with van der Waals surface area (Å²) >= 11 is 0. The topological polar surface area (TPSA) is 93.1 Å². The monoisotopic (exact) mass is 552 g/mol. The lowest BCUT2D eigenvalue weighted by molar-refractivity contribution is -0.131. The second kappa shape index (κ2) is 13.9. The summed E-state index contributed by atoms with van der Waals surface area (Å²) in [6, 6.07) is 15.8. The third-order valence-corrected chi connectivity index (χ3v) is 5.47. The molecule has 8 nitrogen and oxygen atoms in total. The summed E-state index contributed by atoms with van der Waals surface area (Å²) in [6.45, 7) is 4.12. The number of aliphatic hydroxyl groups is 1. The Hall–Kier alpha value is -2.40. The molecular weight excluding hydrogens is 519 g/mol. The number of amides is 1. The molecule has 0 radical (unpaired) electrons. The first kappa shape index (κ1) is 25.9. The van der Waals surface area contributed by atoms with Crippen LogP contribution in [0.4, 0.5) is 5.82 Å². The number of rotatable bonds is 8. The number of carbonyl (C=O) groups is 1. The molecule has 0 spiro atoms. The van der Waals surface area contributed by atoms with Crippen molar-refractivity contribution in [3.05, 3.63) is 60.3 Å². The maximum absolute atomic E-state index is 12.6. The van der Waals surface area contributed by atoms with Crippen LogP contribution in [0.15, 0.2) is 59.7 Å². The number of piperazine rings is 1. The van der Waals surface area contributed by atoms with Crippen LogP contribution in [0.3, 0.4) is 0 Å². The number of nitrogens with zero attached hydrogens (tertiary/aromatic N) is 4. The number of aliphatic hydroxyl groups excluding tert-OH is 1. The predicted octanol–water partition coefficient (Wildman–Crippen LogP) is 1.68. The number of hydrogen-bond acceptors (Lipinski definition) is 5. The van der Waals surface area contributed by atoms with Gasteiger partial charge in [0.2, 0.25) is 5.91 Å².